The lowest BCUT2D eigenvalue weighted by Crippen LogP contribution is -2.49. The van der Waals surface area contributed by atoms with Crippen LogP contribution in [0.4, 0.5) is 4.39 Å². The average molecular weight is 527 g/mol. The van der Waals surface area contributed by atoms with Crippen molar-refractivity contribution in [3.8, 4) is 5.75 Å². The second kappa shape index (κ2) is 10.8. The predicted octanol–water partition coefficient (Wildman–Crippen LogP) is 3.98. The summed E-state index contributed by atoms with van der Waals surface area (Å²) < 4.78 is 51.8. The first kappa shape index (κ1) is 27.4. The van der Waals surface area contributed by atoms with Gasteiger partial charge in [-0.05, 0) is 54.8 Å². The number of carbonyl (C=O) groups excluding carboxylic acids is 1. The van der Waals surface area contributed by atoms with E-state index in [0.717, 1.165) is 11.1 Å². The highest BCUT2D eigenvalue weighted by atomic mass is 35.5. The fourth-order valence-corrected chi connectivity index (χ4v) is 5.57. The van der Waals surface area contributed by atoms with Crippen LogP contribution in [0.2, 0.25) is 5.02 Å². The van der Waals surface area contributed by atoms with Crippen LogP contribution < -0.4 is 4.74 Å². The lowest BCUT2D eigenvalue weighted by atomic mass is 9.86. The van der Waals surface area contributed by atoms with E-state index in [4.69, 9.17) is 16.3 Å². The summed E-state index contributed by atoms with van der Waals surface area (Å²) in [6, 6.07) is 8.23. The van der Waals surface area contributed by atoms with Gasteiger partial charge in [-0.15, -0.1) is 0 Å². The number of carbonyl (C=O) groups is 1. The molecule has 1 fully saturated rings. The Morgan fingerprint density at radius 3 is 2.40 bits per heavy atom. The van der Waals surface area contributed by atoms with Crippen molar-refractivity contribution < 1.29 is 26.9 Å². The lowest BCUT2D eigenvalue weighted by Gasteiger charge is -2.35. The maximum absolute atomic E-state index is 13.7. The van der Waals surface area contributed by atoms with Crippen LogP contribution in [0.15, 0.2) is 30.3 Å². The monoisotopic (exact) mass is 526 g/mol. The molecule has 7 nitrogen and oxygen atoms in total. The Hall–Kier alpha value is -2.20. The number of amides is 1. The number of hydrogen-bond donors (Lipinski definition) is 1. The van der Waals surface area contributed by atoms with Crippen LogP contribution in [-0.2, 0) is 26.9 Å². The van der Waals surface area contributed by atoms with Gasteiger partial charge in [-0.1, -0.05) is 31.5 Å². The Bertz CT molecular complexity index is 1190. The first-order chi connectivity index (χ1) is 16.2. The number of aryl methyl sites for hydroxylation is 2. The van der Waals surface area contributed by atoms with E-state index in [9.17, 15) is 22.2 Å². The quantitative estimate of drug-likeness (QED) is 0.523. The van der Waals surface area contributed by atoms with E-state index < -0.39 is 21.3 Å². The molecule has 35 heavy (non-hydrogen) atoms. The third-order valence-corrected chi connectivity index (χ3v) is 7.62. The molecule has 0 bridgehead atoms. The first-order valence-corrected chi connectivity index (χ1v) is 13.4. The topological polar surface area (TPSA) is 87.2 Å². The summed E-state index contributed by atoms with van der Waals surface area (Å²) in [6.07, 6.45) is 0. The van der Waals surface area contributed by atoms with Crippen molar-refractivity contribution in [2.45, 2.75) is 39.7 Å². The van der Waals surface area contributed by atoms with Crippen LogP contribution in [0.3, 0.4) is 0 Å². The smallest absolute Gasteiger partial charge is 0.265 e. The molecule has 1 aliphatic rings. The molecule has 0 aromatic heterocycles. The summed E-state index contributed by atoms with van der Waals surface area (Å²) in [7, 11) is -4.24. The van der Waals surface area contributed by atoms with Crippen LogP contribution in [-0.4, -0.2) is 67.2 Å². The molecule has 0 aliphatic carbocycles. The van der Waals surface area contributed by atoms with Gasteiger partial charge in [0.2, 0.25) is 0 Å². The van der Waals surface area contributed by atoms with Gasteiger partial charge in [0, 0.05) is 48.7 Å². The van der Waals surface area contributed by atoms with Crippen molar-refractivity contribution in [2.75, 3.05) is 38.5 Å². The molecule has 0 spiro atoms. The lowest BCUT2D eigenvalue weighted by molar-refractivity contribution is -0.135. The Labute approximate surface area is 211 Å². The van der Waals surface area contributed by atoms with E-state index in [1.54, 1.807) is 49.9 Å². The molecule has 1 heterocycles. The van der Waals surface area contributed by atoms with Gasteiger partial charge in [-0.3, -0.25) is 14.2 Å². The zero-order valence-electron chi connectivity index (χ0n) is 20.5. The standard InChI is InChI=1S/C25H32ClFN2O5S/c1-17-12-22(27)18(2)11-19(17)14-28-7-9-29(10-8-28)24(30)15-34-23-6-5-20(26)13-21(23)25(3,4)16-35(31,32)33/h5-6,11-13H,7-10,14-16H2,1-4H3,(H,31,32,33). The molecule has 0 unspecified atom stereocenters. The van der Waals surface area contributed by atoms with Gasteiger partial charge in [0.1, 0.15) is 11.6 Å². The third kappa shape index (κ3) is 7.39. The second-order valence-electron chi connectivity index (χ2n) is 9.72. The van der Waals surface area contributed by atoms with Crippen molar-refractivity contribution >= 4 is 27.6 Å². The molecular weight excluding hydrogens is 495 g/mol. The van der Waals surface area contributed by atoms with Crippen molar-refractivity contribution in [1.82, 2.24) is 9.80 Å². The van der Waals surface area contributed by atoms with Crippen LogP contribution in [0.5, 0.6) is 5.75 Å². The molecule has 1 saturated heterocycles. The summed E-state index contributed by atoms with van der Waals surface area (Å²) in [6.45, 7) is 9.93. The maximum atomic E-state index is 13.7. The van der Waals surface area contributed by atoms with Gasteiger partial charge in [0.25, 0.3) is 16.0 Å². The number of benzene rings is 2. The SMILES string of the molecule is Cc1cc(CN2CCN(C(=O)COc3ccc(Cl)cc3C(C)(C)CS(=O)(=O)O)CC2)c(C)cc1F. The molecule has 1 N–H and O–H groups in total. The largest absolute Gasteiger partial charge is 0.483 e. The minimum absolute atomic E-state index is 0.174. The van der Waals surface area contributed by atoms with Gasteiger partial charge >= 0.3 is 0 Å². The molecule has 192 valence electrons. The van der Waals surface area contributed by atoms with Crippen LogP contribution >= 0.6 is 11.6 Å². The Balaban J connectivity index is 1.59. The number of piperazine rings is 1. The Morgan fingerprint density at radius 2 is 1.77 bits per heavy atom. The molecule has 2 aromatic rings. The number of nitrogens with zero attached hydrogens (tertiary/aromatic N) is 2. The molecule has 0 saturated carbocycles. The predicted molar refractivity (Wildman–Crippen MR) is 134 cm³/mol. The van der Waals surface area contributed by atoms with Crippen molar-refractivity contribution in [1.29, 1.82) is 0 Å². The van der Waals surface area contributed by atoms with E-state index >= 15 is 0 Å². The van der Waals surface area contributed by atoms with Crippen molar-refractivity contribution in [2.24, 2.45) is 0 Å². The molecule has 1 aliphatic heterocycles. The number of rotatable bonds is 8. The number of ether oxygens (including phenoxy) is 1. The van der Waals surface area contributed by atoms with E-state index in [0.29, 0.717) is 54.6 Å². The summed E-state index contributed by atoms with van der Waals surface area (Å²) in [5.74, 6) is -0.546. The molecule has 10 heteroatoms. The fourth-order valence-electron chi connectivity index (χ4n) is 4.33. The normalized spacial score (nSPS) is 15.3. The summed E-state index contributed by atoms with van der Waals surface area (Å²) >= 11 is 6.11. The van der Waals surface area contributed by atoms with Crippen LogP contribution in [0.25, 0.3) is 0 Å². The summed E-state index contributed by atoms with van der Waals surface area (Å²) in [5.41, 5.74) is 2.12. The number of halogens is 2. The van der Waals surface area contributed by atoms with Crippen molar-refractivity contribution in [3.05, 3.63) is 63.4 Å². The highest BCUT2D eigenvalue weighted by Gasteiger charge is 2.31. The van der Waals surface area contributed by atoms with E-state index in [1.807, 2.05) is 13.0 Å². The fraction of sp³-hybridized carbons (Fsp3) is 0.480. The van der Waals surface area contributed by atoms with Crippen LogP contribution in [0, 0.1) is 19.7 Å². The minimum atomic E-state index is -4.24. The van der Waals surface area contributed by atoms with Gasteiger partial charge in [0.05, 0.1) is 5.75 Å². The second-order valence-corrected chi connectivity index (χ2v) is 11.6. The number of hydrogen-bond acceptors (Lipinski definition) is 5. The molecule has 0 radical (unpaired) electrons. The summed E-state index contributed by atoms with van der Waals surface area (Å²) in [4.78, 5) is 16.8. The third-order valence-electron chi connectivity index (χ3n) is 6.30. The molecule has 3 rings (SSSR count). The highest BCUT2D eigenvalue weighted by molar-refractivity contribution is 7.85. The zero-order valence-corrected chi connectivity index (χ0v) is 22.0. The van der Waals surface area contributed by atoms with Gasteiger partial charge in [-0.2, -0.15) is 8.42 Å². The van der Waals surface area contributed by atoms with Crippen LogP contribution in [0.1, 0.15) is 36.1 Å². The molecular formula is C25H32ClFN2O5S. The Kier molecular flexibility index (Phi) is 8.47. The molecule has 1 amide bonds. The van der Waals surface area contributed by atoms with E-state index in [1.165, 1.54) is 0 Å². The van der Waals surface area contributed by atoms with Gasteiger partial charge in [0.15, 0.2) is 6.61 Å². The maximum Gasteiger partial charge on any atom is 0.265 e. The minimum Gasteiger partial charge on any atom is -0.483 e. The highest BCUT2D eigenvalue weighted by Crippen LogP contribution is 2.35. The zero-order chi connectivity index (χ0) is 26.0. The molecule has 2 aromatic carbocycles. The van der Waals surface area contributed by atoms with E-state index in [-0.39, 0.29) is 18.3 Å². The van der Waals surface area contributed by atoms with E-state index in [2.05, 4.69) is 4.90 Å². The average Bonchev–Trinajstić information content (AvgIpc) is 2.75. The van der Waals surface area contributed by atoms with Crippen molar-refractivity contribution in [3.63, 3.8) is 0 Å². The Morgan fingerprint density at radius 1 is 1.11 bits per heavy atom. The van der Waals surface area contributed by atoms with Gasteiger partial charge in [-0.25, -0.2) is 4.39 Å². The van der Waals surface area contributed by atoms with Gasteiger partial charge < -0.3 is 9.64 Å². The first-order valence-electron chi connectivity index (χ1n) is 11.4. The summed E-state index contributed by atoms with van der Waals surface area (Å²) in [5, 5.41) is 0.393. The molecule has 0 atom stereocenters.